The van der Waals surface area contributed by atoms with Gasteiger partial charge in [0, 0.05) is 18.2 Å². The minimum atomic E-state index is 0.223. The van der Waals surface area contributed by atoms with Crippen molar-refractivity contribution in [2.24, 2.45) is 0 Å². The topological polar surface area (TPSA) is 48.4 Å². The number of hydrogen-bond acceptors (Lipinski definition) is 4. The van der Waals surface area contributed by atoms with Crippen LogP contribution in [-0.2, 0) is 13.0 Å². The van der Waals surface area contributed by atoms with Gasteiger partial charge in [0.05, 0.1) is 12.7 Å². The fourth-order valence-corrected chi connectivity index (χ4v) is 2.40. The van der Waals surface area contributed by atoms with E-state index in [0.29, 0.717) is 18.9 Å². The molecular weight excluding hydrogens is 254 g/mol. The summed E-state index contributed by atoms with van der Waals surface area (Å²) in [5, 5.41) is 0. The molecule has 4 nitrogen and oxygen atoms in total. The number of methoxy groups -OCH3 is 1. The van der Waals surface area contributed by atoms with Crippen molar-refractivity contribution in [3.05, 3.63) is 53.2 Å². The average molecular weight is 269 g/mol. The number of aryl methyl sites for hydroxylation is 1. The molecule has 0 spiro atoms. The lowest BCUT2D eigenvalue weighted by atomic mass is 10.1. The third kappa shape index (κ3) is 2.37. The molecule has 1 heterocycles. The van der Waals surface area contributed by atoms with Gasteiger partial charge >= 0.3 is 0 Å². The van der Waals surface area contributed by atoms with Crippen LogP contribution in [0.15, 0.2) is 36.5 Å². The molecule has 1 aliphatic carbocycles. The highest BCUT2D eigenvalue weighted by Gasteiger charge is 2.19. The molecule has 0 unspecified atom stereocenters. The SMILES string of the molecule is COc1ncccc1COc1ccc2c(c1)CCC2=O. The number of pyridine rings is 1. The van der Waals surface area contributed by atoms with Gasteiger partial charge in [-0.1, -0.05) is 0 Å². The highest BCUT2D eigenvalue weighted by Crippen LogP contribution is 2.27. The summed E-state index contributed by atoms with van der Waals surface area (Å²) in [4.78, 5) is 15.7. The highest BCUT2D eigenvalue weighted by atomic mass is 16.5. The van der Waals surface area contributed by atoms with Gasteiger partial charge in [0.15, 0.2) is 5.78 Å². The Kier molecular flexibility index (Phi) is 3.37. The summed E-state index contributed by atoms with van der Waals surface area (Å²) >= 11 is 0. The smallest absolute Gasteiger partial charge is 0.219 e. The lowest BCUT2D eigenvalue weighted by molar-refractivity contribution is 0.0994. The fourth-order valence-electron chi connectivity index (χ4n) is 2.40. The Hall–Kier alpha value is -2.36. The molecule has 4 heteroatoms. The molecule has 3 rings (SSSR count). The van der Waals surface area contributed by atoms with Crippen LogP contribution >= 0.6 is 0 Å². The maximum absolute atomic E-state index is 11.6. The van der Waals surface area contributed by atoms with Gasteiger partial charge in [0.25, 0.3) is 0 Å². The van der Waals surface area contributed by atoms with E-state index in [4.69, 9.17) is 9.47 Å². The monoisotopic (exact) mass is 269 g/mol. The van der Waals surface area contributed by atoms with E-state index < -0.39 is 0 Å². The normalized spacial score (nSPS) is 13.2. The summed E-state index contributed by atoms with van der Waals surface area (Å²) in [7, 11) is 1.59. The van der Waals surface area contributed by atoms with E-state index in [9.17, 15) is 4.79 Å². The molecular formula is C16H15NO3. The number of ether oxygens (including phenoxy) is 2. The van der Waals surface area contributed by atoms with Crippen molar-refractivity contribution >= 4 is 5.78 Å². The highest BCUT2D eigenvalue weighted by molar-refractivity contribution is 6.00. The van der Waals surface area contributed by atoms with Gasteiger partial charge < -0.3 is 9.47 Å². The number of ketones is 1. The van der Waals surface area contributed by atoms with Gasteiger partial charge in [-0.3, -0.25) is 4.79 Å². The molecule has 102 valence electrons. The second kappa shape index (κ2) is 5.33. The van der Waals surface area contributed by atoms with Crippen LogP contribution in [0.3, 0.4) is 0 Å². The average Bonchev–Trinajstić information content (AvgIpc) is 2.86. The number of nitrogens with zero attached hydrogens (tertiary/aromatic N) is 1. The molecule has 0 aliphatic heterocycles. The van der Waals surface area contributed by atoms with E-state index in [0.717, 1.165) is 28.9 Å². The number of rotatable bonds is 4. The summed E-state index contributed by atoms with van der Waals surface area (Å²) in [5.41, 5.74) is 2.80. The molecule has 1 aromatic carbocycles. The molecule has 0 fully saturated rings. The van der Waals surface area contributed by atoms with E-state index >= 15 is 0 Å². The Morgan fingerprint density at radius 2 is 2.15 bits per heavy atom. The van der Waals surface area contributed by atoms with Crippen molar-refractivity contribution in [2.75, 3.05) is 7.11 Å². The Morgan fingerprint density at radius 3 is 3.00 bits per heavy atom. The second-order valence-electron chi connectivity index (χ2n) is 4.70. The maximum Gasteiger partial charge on any atom is 0.219 e. The molecule has 1 aromatic heterocycles. The Balaban J connectivity index is 1.74. The van der Waals surface area contributed by atoms with Gasteiger partial charge in [0.1, 0.15) is 12.4 Å². The van der Waals surface area contributed by atoms with E-state index in [1.807, 2.05) is 30.3 Å². The third-order valence-corrected chi connectivity index (χ3v) is 3.44. The van der Waals surface area contributed by atoms with Crippen LogP contribution in [0, 0.1) is 0 Å². The van der Waals surface area contributed by atoms with Gasteiger partial charge in [-0.25, -0.2) is 4.98 Å². The number of carbonyl (C=O) groups excluding carboxylic acids is 1. The predicted molar refractivity (Wildman–Crippen MR) is 74.2 cm³/mol. The first-order valence-electron chi connectivity index (χ1n) is 6.55. The number of Topliss-reactive ketones (excluding diaryl/α,β-unsaturated/α-hetero) is 1. The standard InChI is InChI=1S/C16H15NO3/c1-19-16-12(3-2-8-17-16)10-20-13-5-6-14-11(9-13)4-7-15(14)18/h2-3,5-6,8-9H,4,7,10H2,1H3. The van der Waals surface area contributed by atoms with Crippen LogP contribution in [0.4, 0.5) is 0 Å². The van der Waals surface area contributed by atoms with E-state index in [2.05, 4.69) is 4.98 Å². The van der Waals surface area contributed by atoms with E-state index in [-0.39, 0.29) is 5.78 Å². The van der Waals surface area contributed by atoms with E-state index in [1.54, 1.807) is 13.3 Å². The van der Waals surface area contributed by atoms with Crippen LogP contribution in [0.2, 0.25) is 0 Å². The predicted octanol–water partition coefficient (Wildman–Crippen LogP) is 2.80. The summed E-state index contributed by atoms with van der Waals surface area (Å²) in [6, 6.07) is 9.40. The summed E-state index contributed by atoms with van der Waals surface area (Å²) in [5.74, 6) is 1.56. The van der Waals surface area contributed by atoms with Gasteiger partial charge in [0.2, 0.25) is 5.88 Å². The number of hydrogen-bond donors (Lipinski definition) is 0. The van der Waals surface area contributed by atoms with Gasteiger partial charge in [-0.05, 0) is 42.3 Å². The number of fused-ring (bicyclic) bond motifs is 1. The molecule has 0 radical (unpaired) electrons. The first kappa shape index (κ1) is 12.7. The van der Waals surface area contributed by atoms with Crippen LogP contribution in [0.5, 0.6) is 11.6 Å². The first-order chi connectivity index (χ1) is 9.78. The molecule has 0 atom stereocenters. The zero-order valence-electron chi connectivity index (χ0n) is 11.3. The summed E-state index contributed by atoms with van der Waals surface area (Å²) in [6.07, 6.45) is 3.10. The Labute approximate surface area is 117 Å². The molecule has 0 saturated carbocycles. The molecule has 0 N–H and O–H groups in total. The fraction of sp³-hybridized carbons (Fsp3) is 0.250. The molecule has 0 amide bonds. The molecule has 1 aliphatic rings. The van der Waals surface area contributed by atoms with Gasteiger partial charge in [-0.2, -0.15) is 0 Å². The largest absolute Gasteiger partial charge is 0.489 e. The van der Waals surface area contributed by atoms with Crippen molar-refractivity contribution in [2.45, 2.75) is 19.4 Å². The van der Waals surface area contributed by atoms with Crippen molar-refractivity contribution in [1.82, 2.24) is 4.98 Å². The zero-order chi connectivity index (χ0) is 13.9. The van der Waals surface area contributed by atoms with Gasteiger partial charge in [-0.15, -0.1) is 0 Å². The van der Waals surface area contributed by atoms with Crippen molar-refractivity contribution in [3.8, 4) is 11.6 Å². The lowest BCUT2D eigenvalue weighted by Crippen LogP contribution is -2.00. The molecule has 2 aromatic rings. The van der Waals surface area contributed by atoms with Crippen molar-refractivity contribution < 1.29 is 14.3 Å². The molecule has 0 saturated heterocycles. The second-order valence-corrected chi connectivity index (χ2v) is 4.70. The van der Waals surface area contributed by atoms with Crippen LogP contribution < -0.4 is 9.47 Å². The first-order valence-corrected chi connectivity index (χ1v) is 6.55. The maximum atomic E-state index is 11.6. The van der Waals surface area contributed by atoms with Crippen molar-refractivity contribution in [1.29, 1.82) is 0 Å². The number of benzene rings is 1. The number of carbonyl (C=O) groups is 1. The van der Waals surface area contributed by atoms with Crippen molar-refractivity contribution in [3.63, 3.8) is 0 Å². The summed E-state index contributed by atoms with van der Waals surface area (Å²) in [6.45, 7) is 0.393. The number of aromatic nitrogens is 1. The molecule has 20 heavy (non-hydrogen) atoms. The van der Waals surface area contributed by atoms with Crippen LogP contribution in [0.25, 0.3) is 0 Å². The third-order valence-electron chi connectivity index (χ3n) is 3.44. The molecule has 0 bridgehead atoms. The van der Waals surface area contributed by atoms with Crippen LogP contribution in [-0.4, -0.2) is 17.9 Å². The lowest BCUT2D eigenvalue weighted by Gasteiger charge is -2.10. The minimum absolute atomic E-state index is 0.223. The van der Waals surface area contributed by atoms with Crippen LogP contribution in [0.1, 0.15) is 27.9 Å². The Morgan fingerprint density at radius 1 is 1.25 bits per heavy atom. The Bertz CT molecular complexity index is 652. The minimum Gasteiger partial charge on any atom is -0.489 e. The summed E-state index contributed by atoms with van der Waals surface area (Å²) < 4.78 is 10.9. The zero-order valence-corrected chi connectivity index (χ0v) is 11.3. The quantitative estimate of drug-likeness (QED) is 0.856. The van der Waals surface area contributed by atoms with E-state index in [1.165, 1.54) is 0 Å².